The van der Waals surface area contributed by atoms with Crippen molar-refractivity contribution in [1.29, 1.82) is 0 Å². The Morgan fingerprint density at radius 2 is 1.59 bits per heavy atom. The Bertz CT molecular complexity index is 1180. The number of rotatable bonds is 8. The monoisotopic (exact) mass is 452 g/mol. The van der Waals surface area contributed by atoms with E-state index < -0.39 is 15.9 Å². The molecule has 3 aromatic carbocycles. The maximum Gasteiger partial charge on any atom is 0.264 e. The molecule has 0 aliphatic heterocycles. The number of methoxy groups -OCH3 is 1. The number of hydrogen-bond donors (Lipinski definition) is 1. The lowest BCUT2D eigenvalue weighted by molar-refractivity contribution is -0.120. The number of nitrogens with one attached hydrogen (secondary N) is 1. The van der Waals surface area contributed by atoms with Crippen LogP contribution in [0, 0.1) is 13.8 Å². The number of nitrogens with zero attached hydrogens (tertiary/aromatic N) is 1. The molecule has 0 aliphatic rings. The average molecular weight is 453 g/mol. The number of aryl methyl sites for hydroxylation is 2. The first-order chi connectivity index (χ1) is 15.2. The van der Waals surface area contributed by atoms with Crippen LogP contribution in [0.2, 0.25) is 0 Å². The molecule has 1 amide bonds. The van der Waals surface area contributed by atoms with E-state index in [4.69, 9.17) is 4.74 Å². The zero-order chi connectivity index (χ0) is 23.3. The van der Waals surface area contributed by atoms with Gasteiger partial charge in [-0.15, -0.1) is 0 Å². The van der Waals surface area contributed by atoms with Crippen molar-refractivity contribution >= 4 is 21.6 Å². The fourth-order valence-electron chi connectivity index (χ4n) is 3.37. The van der Waals surface area contributed by atoms with Gasteiger partial charge in [-0.2, -0.15) is 0 Å². The van der Waals surface area contributed by atoms with Gasteiger partial charge in [0.25, 0.3) is 10.0 Å². The minimum absolute atomic E-state index is 0.107. The van der Waals surface area contributed by atoms with Crippen LogP contribution in [0.25, 0.3) is 0 Å². The lowest BCUT2D eigenvalue weighted by Crippen LogP contribution is -2.41. The fourth-order valence-corrected chi connectivity index (χ4v) is 4.80. The maximum absolute atomic E-state index is 13.6. The normalized spacial score (nSPS) is 12.1. The highest BCUT2D eigenvalue weighted by Crippen LogP contribution is 2.33. The Kier molecular flexibility index (Phi) is 7.20. The van der Waals surface area contributed by atoms with E-state index in [-0.39, 0.29) is 17.5 Å². The van der Waals surface area contributed by atoms with Gasteiger partial charge in [0.1, 0.15) is 12.3 Å². The van der Waals surface area contributed by atoms with Gasteiger partial charge in [0.15, 0.2) is 0 Å². The van der Waals surface area contributed by atoms with Crippen LogP contribution in [-0.4, -0.2) is 28.0 Å². The molecule has 0 unspecified atom stereocenters. The van der Waals surface area contributed by atoms with Gasteiger partial charge in [-0.25, -0.2) is 8.42 Å². The Hall–Kier alpha value is -3.32. The standard InChI is InChI=1S/C25H28N2O4S/c1-18-10-13-22(14-11-18)32(29,30)27(23-16-19(2)12-15-24(23)31-4)17-25(28)26-20(3)21-8-6-5-7-9-21/h5-16,20H,17H2,1-4H3,(H,26,28)/t20-/m0/s1. The second-order valence-corrected chi connectivity index (χ2v) is 9.56. The van der Waals surface area contributed by atoms with Gasteiger partial charge in [0.05, 0.1) is 23.7 Å². The molecule has 0 saturated heterocycles. The van der Waals surface area contributed by atoms with Gasteiger partial charge in [0.2, 0.25) is 5.91 Å². The van der Waals surface area contributed by atoms with E-state index in [1.165, 1.54) is 7.11 Å². The summed E-state index contributed by atoms with van der Waals surface area (Å²) in [6.45, 7) is 5.22. The van der Waals surface area contributed by atoms with Crippen molar-refractivity contribution in [2.45, 2.75) is 31.7 Å². The second-order valence-electron chi connectivity index (χ2n) is 7.70. The number of carbonyl (C=O) groups is 1. The van der Waals surface area contributed by atoms with E-state index in [9.17, 15) is 13.2 Å². The van der Waals surface area contributed by atoms with Crippen LogP contribution in [0.15, 0.2) is 77.7 Å². The summed E-state index contributed by atoms with van der Waals surface area (Å²) in [4.78, 5) is 13.1. The summed E-state index contributed by atoms with van der Waals surface area (Å²) in [6.07, 6.45) is 0. The molecule has 6 nitrogen and oxygen atoms in total. The quantitative estimate of drug-likeness (QED) is 0.550. The number of ether oxygens (including phenoxy) is 1. The van der Waals surface area contributed by atoms with Crippen molar-refractivity contribution in [2.24, 2.45) is 0 Å². The Morgan fingerprint density at radius 1 is 0.969 bits per heavy atom. The summed E-state index contributed by atoms with van der Waals surface area (Å²) < 4.78 is 33.7. The smallest absolute Gasteiger partial charge is 0.264 e. The van der Waals surface area contributed by atoms with Gasteiger partial charge in [-0.3, -0.25) is 9.10 Å². The number of carbonyl (C=O) groups excluding carboxylic acids is 1. The van der Waals surface area contributed by atoms with E-state index >= 15 is 0 Å². The van der Waals surface area contributed by atoms with Crippen molar-refractivity contribution in [1.82, 2.24) is 5.32 Å². The molecule has 3 aromatic rings. The van der Waals surface area contributed by atoms with Crippen LogP contribution < -0.4 is 14.4 Å². The molecule has 168 valence electrons. The molecule has 0 aromatic heterocycles. The van der Waals surface area contributed by atoms with Crippen LogP contribution in [-0.2, 0) is 14.8 Å². The van der Waals surface area contributed by atoms with Crippen molar-refractivity contribution in [3.63, 3.8) is 0 Å². The van der Waals surface area contributed by atoms with Crippen LogP contribution in [0.1, 0.15) is 29.7 Å². The van der Waals surface area contributed by atoms with Crippen LogP contribution in [0.5, 0.6) is 5.75 Å². The van der Waals surface area contributed by atoms with E-state index in [1.54, 1.807) is 36.4 Å². The Balaban J connectivity index is 1.98. The summed E-state index contributed by atoms with van der Waals surface area (Å²) in [5.74, 6) is -0.0456. The Labute approximate surface area is 189 Å². The number of amides is 1. The minimum atomic E-state index is -4.02. The predicted octanol–water partition coefficient (Wildman–Crippen LogP) is 4.38. The summed E-state index contributed by atoms with van der Waals surface area (Å²) in [5.41, 5.74) is 3.04. The highest BCUT2D eigenvalue weighted by molar-refractivity contribution is 7.92. The van der Waals surface area contributed by atoms with Crippen molar-refractivity contribution < 1.29 is 17.9 Å². The lowest BCUT2D eigenvalue weighted by Gasteiger charge is -2.27. The van der Waals surface area contributed by atoms with Crippen LogP contribution >= 0.6 is 0 Å². The Morgan fingerprint density at radius 3 is 2.22 bits per heavy atom. The molecular weight excluding hydrogens is 424 g/mol. The molecule has 1 N–H and O–H groups in total. The highest BCUT2D eigenvalue weighted by Gasteiger charge is 2.30. The van der Waals surface area contributed by atoms with Crippen molar-refractivity contribution in [3.8, 4) is 5.75 Å². The first-order valence-corrected chi connectivity index (χ1v) is 11.7. The number of sulfonamides is 1. The molecule has 7 heteroatoms. The molecule has 0 saturated carbocycles. The number of anilines is 1. The van der Waals surface area contributed by atoms with Crippen molar-refractivity contribution in [3.05, 3.63) is 89.5 Å². The summed E-state index contributed by atoms with van der Waals surface area (Å²) >= 11 is 0. The number of hydrogen-bond acceptors (Lipinski definition) is 4. The third-order valence-corrected chi connectivity index (χ3v) is 6.95. The topological polar surface area (TPSA) is 75.7 Å². The van der Waals surface area contributed by atoms with E-state index in [1.807, 2.05) is 57.2 Å². The summed E-state index contributed by atoms with van der Waals surface area (Å²) in [6, 6.07) is 21.0. The van der Waals surface area contributed by atoms with E-state index in [2.05, 4.69) is 5.32 Å². The first kappa shape index (κ1) is 23.3. The second kappa shape index (κ2) is 9.87. The van der Waals surface area contributed by atoms with Crippen LogP contribution in [0.3, 0.4) is 0 Å². The van der Waals surface area contributed by atoms with Crippen LogP contribution in [0.4, 0.5) is 5.69 Å². The van der Waals surface area contributed by atoms with Gasteiger partial charge in [-0.05, 0) is 56.2 Å². The third-order valence-electron chi connectivity index (χ3n) is 5.18. The van der Waals surface area contributed by atoms with E-state index in [0.717, 1.165) is 21.0 Å². The van der Waals surface area contributed by atoms with Gasteiger partial charge in [-0.1, -0.05) is 54.1 Å². The van der Waals surface area contributed by atoms with Gasteiger partial charge < -0.3 is 10.1 Å². The minimum Gasteiger partial charge on any atom is -0.495 e. The SMILES string of the molecule is COc1ccc(C)cc1N(CC(=O)N[C@@H](C)c1ccccc1)S(=O)(=O)c1ccc(C)cc1. The summed E-state index contributed by atoms with van der Waals surface area (Å²) in [5, 5.41) is 2.90. The predicted molar refractivity (Wildman–Crippen MR) is 126 cm³/mol. The molecular formula is C25H28N2O4S. The molecule has 0 bridgehead atoms. The average Bonchev–Trinajstić information content (AvgIpc) is 2.78. The zero-order valence-electron chi connectivity index (χ0n) is 18.7. The molecule has 0 radical (unpaired) electrons. The molecule has 3 rings (SSSR count). The number of benzene rings is 3. The highest BCUT2D eigenvalue weighted by atomic mass is 32.2. The van der Waals surface area contributed by atoms with Crippen molar-refractivity contribution in [2.75, 3.05) is 18.0 Å². The fraction of sp³-hybridized carbons (Fsp3) is 0.240. The molecule has 1 atom stereocenters. The first-order valence-electron chi connectivity index (χ1n) is 10.3. The van der Waals surface area contributed by atoms with Gasteiger partial charge in [0, 0.05) is 0 Å². The molecule has 0 aliphatic carbocycles. The largest absolute Gasteiger partial charge is 0.495 e. The molecule has 0 spiro atoms. The summed E-state index contributed by atoms with van der Waals surface area (Å²) in [7, 11) is -2.55. The molecule has 0 fully saturated rings. The molecule has 32 heavy (non-hydrogen) atoms. The zero-order valence-corrected chi connectivity index (χ0v) is 19.5. The third kappa shape index (κ3) is 5.29. The van der Waals surface area contributed by atoms with Gasteiger partial charge >= 0.3 is 0 Å². The molecule has 0 heterocycles. The maximum atomic E-state index is 13.6. The lowest BCUT2D eigenvalue weighted by atomic mass is 10.1. The van der Waals surface area contributed by atoms with E-state index in [0.29, 0.717) is 11.4 Å².